The molecule has 142 valence electrons. The van der Waals surface area contributed by atoms with Crippen molar-refractivity contribution in [1.29, 1.82) is 0 Å². The topological polar surface area (TPSA) is 116 Å². The fourth-order valence-corrected chi connectivity index (χ4v) is 2.45. The first-order valence-electron chi connectivity index (χ1n) is 8.37. The lowest BCUT2D eigenvalue weighted by Gasteiger charge is -2.08. The third-order valence-electron chi connectivity index (χ3n) is 3.78. The monoisotopic (exact) mass is 380 g/mol. The van der Waals surface area contributed by atoms with E-state index in [2.05, 4.69) is 10.4 Å². The normalized spacial score (nSPS) is 10.3. The fraction of sp³-hybridized carbons (Fsp3) is 0.105. The van der Waals surface area contributed by atoms with Crippen molar-refractivity contribution in [2.24, 2.45) is 0 Å². The zero-order valence-electron chi connectivity index (χ0n) is 14.9. The predicted molar refractivity (Wildman–Crippen MR) is 101 cm³/mol. The van der Waals surface area contributed by atoms with Gasteiger partial charge in [-0.15, -0.1) is 0 Å². The lowest BCUT2D eigenvalue weighted by atomic mass is 10.2. The van der Waals surface area contributed by atoms with Crippen LogP contribution < -0.4 is 5.32 Å². The molecular formula is C19H16N4O5. The molecule has 0 aliphatic heterocycles. The third-order valence-corrected chi connectivity index (χ3v) is 3.78. The summed E-state index contributed by atoms with van der Waals surface area (Å²) in [4.78, 5) is 34.2. The zero-order valence-corrected chi connectivity index (χ0v) is 14.9. The first-order chi connectivity index (χ1) is 13.5. The Labute approximate surface area is 159 Å². The quantitative estimate of drug-likeness (QED) is 0.399. The van der Waals surface area contributed by atoms with Gasteiger partial charge in [0.15, 0.2) is 5.69 Å². The van der Waals surface area contributed by atoms with Crippen molar-refractivity contribution in [3.63, 3.8) is 0 Å². The molecular weight excluding hydrogens is 364 g/mol. The van der Waals surface area contributed by atoms with Crippen molar-refractivity contribution in [1.82, 2.24) is 9.78 Å². The number of esters is 1. The highest BCUT2D eigenvalue weighted by molar-refractivity contribution is 6.04. The molecule has 0 fully saturated rings. The van der Waals surface area contributed by atoms with Gasteiger partial charge in [-0.2, -0.15) is 5.10 Å². The molecule has 2 aromatic carbocycles. The van der Waals surface area contributed by atoms with Crippen LogP contribution in [0.4, 0.5) is 11.4 Å². The molecule has 1 amide bonds. The van der Waals surface area contributed by atoms with Crippen LogP contribution in [0.15, 0.2) is 60.8 Å². The summed E-state index contributed by atoms with van der Waals surface area (Å²) in [6, 6.07) is 13.7. The summed E-state index contributed by atoms with van der Waals surface area (Å²) >= 11 is 0. The average Bonchev–Trinajstić information content (AvgIpc) is 3.19. The number of nitro groups is 1. The second-order valence-electron chi connectivity index (χ2n) is 5.67. The van der Waals surface area contributed by atoms with Gasteiger partial charge in [0.2, 0.25) is 0 Å². The standard InChI is InChI=1S/C19H16N4O5/c1-2-28-19(25)17-10-11-22(21-17)16-5-3-4-14(12-16)20-18(24)13-6-8-15(9-7-13)23(26)27/h3-12H,2H2,1H3,(H,20,24). The molecule has 0 aliphatic rings. The number of ether oxygens (including phenoxy) is 1. The summed E-state index contributed by atoms with van der Waals surface area (Å²) in [5.74, 6) is -0.913. The maximum Gasteiger partial charge on any atom is 0.358 e. The second-order valence-corrected chi connectivity index (χ2v) is 5.67. The number of carbonyl (C=O) groups is 2. The molecule has 3 aromatic rings. The molecule has 3 rings (SSSR count). The molecule has 0 bridgehead atoms. The van der Waals surface area contributed by atoms with Crippen molar-refractivity contribution >= 4 is 23.3 Å². The van der Waals surface area contributed by atoms with E-state index in [0.717, 1.165) is 0 Å². The molecule has 0 saturated heterocycles. The summed E-state index contributed by atoms with van der Waals surface area (Å²) in [5, 5.41) is 17.6. The van der Waals surface area contributed by atoms with E-state index in [1.165, 1.54) is 28.9 Å². The van der Waals surface area contributed by atoms with Crippen LogP contribution in [-0.4, -0.2) is 33.2 Å². The maximum absolute atomic E-state index is 12.3. The van der Waals surface area contributed by atoms with Gasteiger partial charge in [0.05, 0.1) is 17.2 Å². The van der Waals surface area contributed by atoms with E-state index in [9.17, 15) is 19.7 Å². The van der Waals surface area contributed by atoms with Gasteiger partial charge in [-0.05, 0) is 43.3 Å². The Hall–Kier alpha value is -4.01. The number of hydrogen-bond donors (Lipinski definition) is 1. The van der Waals surface area contributed by atoms with E-state index in [1.54, 1.807) is 43.5 Å². The maximum atomic E-state index is 12.3. The molecule has 1 heterocycles. The summed E-state index contributed by atoms with van der Waals surface area (Å²) in [7, 11) is 0. The van der Waals surface area contributed by atoms with E-state index < -0.39 is 16.8 Å². The van der Waals surface area contributed by atoms with Crippen LogP contribution >= 0.6 is 0 Å². The van der Waals surface area contributed by atoms with E-state index in [-0.39, 0.29) is 18.0 Å². The molecule has 9 nitrogen and oxygen atoms in total. The number of rotatable bonds is 6. The van der Waals surface area contributed by atoms with Gasteiger partial charge in [0, 0.05) is 29.6 Å². The highest BCUT2D eigenvalue weighted by Gasteiger charge is 2.12. The highest BCUT2D eigenvalue weighted by Crippen LogP contribution is 2.17. The third kappa shape index (κ3) is 4.21. The van der Waals surface area contributed by atoms with Crippen LogP contribution in [0, 0.1) is 10.1 Å². The van der Waals surface area contributed by atoms with Gasteiger partial charge in [-0.1, -0.05) is 6.07 Å². The van der Waals surface area contributed by atoms with E-state index in [0.29, 0.717) is 16.9 Å². The molecule has 0 spiro atoms. The number of nitrogens with zero attached hydrogens (tertiary/aromatic N) is 3. The Bertz CT molecular complexity index is 1030. The molecule has 0 aliphatic carbocycles. The number of nitro benzene ring substituents is 1. The lowest BCUT2D eigenvalue weighted by Crippen LogP contribution is -2.12. The molecule has 0 radical (unpaired) electrons. The largest absolute Gasteiger partial charge is 0.461 e. The summed E-state index contributed by atoms with van der Waals surface area (Å²) in [5.41, 5.74) is 1.53. The highest BCUT2D eigenvalue weighted by atomic mass is 16.6. The number of anilines is 1. The van der Waals surface area contributed by atoms with Crippen molar-refractivity contribution in [2.45, 2.75) is 6.92 Å². The van der Waals surface area contributed by atoms with Crippen LogP contribution in [0.25, 0.3) is 5.69 Å². The number of benzene rings is 2. The number of aromatic nitrogens is 2. The molecule has 0 saturated carbocycles. The van der Waals surface area contributed by atoms with Gasteiger partial charge in [-0.25, -0.2) is 9.48 Å². The number of nitrogens with one attached hydrogen (secondary N) is 1. The Balaban J connectivity index is 1.75. The van der Waals surface area contributed by atoms with Crippen LogP contribution in [0.1, 0.15) is 27.8 Å². The van der Waals surface area contributed by atoms with Crippen LogP contribution in [0.5, 0.6) is 0 Å². The van der Waals surface area contributed by atoms with Gasteiger partial charge in [0.1, 0.15) is 0 Å². The molecule has 1 N–H and O–H groups in total. The van der Waals surface area contributed by atoms with Gasteiger partial charge < -0.3 is 10.1 Å². The van der Waals surface area contributed by atoms with Gasteiger partial charge in [0.25, 0.3) is 11.6 Å². The number of carbonyl (C=O) groups excluding carboxylic acids is 2. The smallest absolute Gasteiger partial charge is 0.358 e. The second kappa shape index (κ2) is 8.12. The Morgan fingerprint density at radius 1 is 1.18 bits per heavy atom. The lowest BCUT2D eigenvalue weighted by molar-refractivity contribution is -0.384. The van der Waals surface area contributed by atoms with Crippen LogP contribution in [0.2, 0.25) is 0 Å². The average molecular weight is 380 g/mol. The minimum Gasteiger partial charge on any atom is -0.461 e. The molecule has 0 unspecified atom stereocenters. The fourth-order valence-electron chi connectivity index (χ4n) is 2.45. The SMILES string of the molecule is CCOC(=O)c1ccn(-c2cccc(NC(=O)c3ccc([N+](=O)[O-])cc3)c2)n1. The minimum atomic E-state index is -0.528. The predicted octanol–water partition coefficient (Wildman–Crippen LogP) is 3.21. The van der Waals surface area contributed by atoms with E-state index >= 15 is 0 Å². The molecule has 0 atom stereocenters. The Morgan fingerprint density at radius 3 is 2.61 bits per heavy atom. The van der Waals surface area contributed by atoms with Crippen molar-refractivity contribution in [3.05, 3.63) is 82.2 Å². The van der Waals surface area contributed by atoms with E-state index in [1.807, 2.05) is 0 Å². The van der Waals surface area contributed by atoms with Crippen molar-refractivity contribution in [2.75, 3.05) is 11.9 Å². The van der Waals surface area contributed by atoms with Crippen molar-refractivity contribution in [3.8, 4) is 5.69 Å². The van der Waals surface area contributed by atoms with Crippen LogP contribution in [-0.2, 0) is 4.74 Å². The molecule has 1 aromatic heterocycles. The molecule has 9 heteroatoms. The summed E-state index contributed by atoms with van der Waals surface area (Å²) < 4.78 is 6.41. The minimum absolute atomic E-state index is 0.0883. The van der Waals surface area contributed by atoms with Gasteiger partial charge in [-0.3, -0.25) is 14.9 Å². The Morgan fingerprint density at radius 2 is 1.93 bits per heavy atom. The summed E-state index contributed by atoms with van der Waals surface area (Å²) in [6.45, 7) is 1.97. The van der Waals surface area contributed by atoms with Crippen molar-refractivity contribution < 1.29 is 19.2 Å². The number of non-ortho nitro benzene ring substituents is 1. The molecule has 28 heavy (non-hydrogen) atoms. The van der Waals surface area contributed by atoms with Crippen LogP contribution in [0.3, 0.4) is 0 Å². The Kier molecular flexibility index (Phi) is 5.45. The first kappa shape index (κ1) is 18.8. The van der Waals surface area contributed by atoms with E-state index in [4.69, 9.17) is 4.74 Å². The number of amides is 1. The first-order valence-corrected chi connectivity index (χ1v) is 8.37. The summed E-state index contributed by atoms with van der Waals surface area (Å²) in [6.07, 6.45) is 1.61. The number of hydrogen-bond acceptors (Lipinski definition) is 6. The zero-order chi connectivity index (χ0) is 20.1. The van der Waals surface area contributed by atoms with Gasteiger partial charge >= 0.3 is 5.97 Å².